The third kappa shape index (κ3) is 3.96. The number of oxime groups is 1. The lowest BCUT2D eigenvalue weighted by Crippen LogP contribution is -2.40. The molecule has 0 aromatic heterocycles. The number of ether oxygens (including phenoxy) is 2. The minimum Gasteiger partial charge on any atom is -0.494 e. The smallest absolute Gasteiger partial charge is 0.165 e. The Balaban J connectivity index is 1.88. The van der Waals surface area contributed by atoms with E-state index in [4.69, 9.17) is 14.3 Å². The Morgan fingerprint density at radius 3 is 2.82 bits per heavy atom. The van der Waals surface area contributed by atoms with Gasteiger partial charge in [0.05, 0.1) is 18.9 Å². The predicted molar refractivity (Wildman–Crippen MR) is 82.9 cm³/mol. The molecule has 22 heavy (non-hydrogen) atoms. The fourth-order valence-electron chi connectivity index (χ4n) is 2.24. The van der Waals surface area contributed by atoms with E-state index in [0.717, 1.165) is 11.3 Å². The normalized spacial score (nSPS) is 20.2. The zero-order chi connectivity index (χ0) is 16.1. The second-order valence-electron chi connectivity index (χ2n) is 5.46. The molecule has 1 aliphatic heterocycles. The maximum Gasteiger partial charge on any atom is 0.165 e. The van der Waals surface area contributed by atoms with E-state index in [-0.39, 0.29) is 24.0 Å². The summed E-state index contributed by atoms with van der Waals surface area (Å²) in [5.74, 6) is -0.171. The molecule has 0 bridgehead atoms. The van der Waals surface area contributed by atoms with Gasteiger partial charge < -0.3 is 19.6 Å². The Kier molecular flexibility index (Phi) is 5.74. The summed E-state index contributed by atoms with van der Waals surface area (Å²) in [4.78, 5) is 5.41. The SMILES string of the molecule is COc1ccc(C2=NOC(CNC(C)C(C)OC)C2)cc1F. The van der Waals surface area contributed by atoms with Crippen LogP contribution in [0.5, 0.6) is 5.75 Å². The van der Waals surface area contributed by atoms with Gasteiger partial charge in [0, 0.05) is 31.7 Å². The van der Waals surface area contributed by atoms with Gasteiger partial charge >= 0.3 is 0 Å². The van der Waals surface area contributed by atoms with E-state index in [1.807, 2.05) is 6.92 Å². The molecule has 3 unspecified atom stereocenters. The zero-order valence-electron chi connectivity index (χ0n) is 13.4. The lowest BCUT2D eigenvalue weighted by molar-refractivity contribution is 0.0618. The molecular formula is C16H23FN2O3. The molecule has 0 saturated carbocycles. The number of hydrogen-bond acceptors (Lipinski definition) is 5. The van der Waals surface area contributed by atoms with Gasteiger partial charge in [0.2, 0.25) is 0 Å². The standard InChI is InChI=1S/C16H23FN2O3/c1-10(11(2)20-3)18-9-13-8-15(19-22-13)12-5-6-16(21-4)14(17)7-12/h5-7,10-11,13,18H,8-9H2,1-4H3. The number of methoxy groups -OCH3 is 2. The van der Waals surface area contributed by atoms with Crippen LogP contribution in [0.2, 0.25) is 0 Å². The molecule has 2 rings (SSSR count). The van der Waals surface area contributed by atoms with E-state index in [2.05, 4.69) is 17.4 Å². The summed E-state index contributed by atoms with van der Waals surface area (Å²) < 4.78 is 23.9. The summed E-state index contributed by atoms with van der Waals surface area (Å²) in [6, 6.07) is 5.03. The molecule has 1 N–H and O–H groups in total. The van der Waals surface area contributed by atoms with Crippen molar-refractivity contribution in [2.24, 2.45) is 5.16 Å². The Labute approximate surface area is 130 Å². The summed E-state index contributed by atoms with van der Waals surface area (Å²) >= 11 is 0. The van der Waals surface area contributed by atoms with Crippen molar-refractivity contribution < 1.29 is 18.7 Å². The Hall–Kier alpha value is -1.66. The average Bonchev–Trinajstić information content (AvgIpc) is 3.00. The number of nitrogens with zero attached hydrogens (tertiary/aromatic N) is 1. The summed E-state index contributed by atoms with van der Waals surface area (Å²) in [7, 11) is 3.13. The van der Waals surface area contributed by atoms with Gasteiger partial charge in [-0.05, 0) is 32.0 Å². The molecule has 0 fully saturated rings. The maximum absolute atomic E-state index is 13.7. The average molecular weight is 310 g/mol. The fourth-order valence-corrected chi connectivity index (χ4v) is 2.24. The molecular weight excluding hydrogens is 287 g/mol. The summed E-state index contributed by atoms with van der Waals surface area (Å²) in [5, 5.41) is 7.42. The maximum atomic E-state index is 13.7. The highest BCUT2D eigenvalue weighted by Gasteiger charge is 2.24. The minimum atomic E-state index is -0.396. The molecule has 1 aromatic carbocycles. The Morgan fingerprint density at radius 2 is 2.18 bits per heavy atom. The first-order valence-corrected chi connectivity index (χ1v) is 7.38. The molecule has 3 atom stereocenters. The first kappa shape index (κ1) is 16.7. The van der Waals surface area contributed by atoms with E-state index in [1.54, 1.807) is 19.2 Å². The second kappa shape index (κ2) is 7.56. The summed E-state index contributed by atoms with van der Waals surface area (Å²) in [6.45, 7) is 4.74. The van der Waals surface area contributed by atoms with Crippen LogP contribution < -0.4 is 10.1 Å². The van der Waals surface area contributed by atoms with Crippen molar-refractivity contribution in [1.82, 2.24) is 5.32 Å². The van der Waals surface area contributed by atoms with Crippen LogP contribution in [0, 0.1) is 5.82 Å². The summed E-state index contributed by atoms with van der Waals surface area (Å²) in [5.41, 5.74) is 1.47. The van der Waals surface area contributed by atoms with E-state index >= 15 is 0 Å². The molecule has 0 spiro atoms. The molecule has 0 saturated heterocycles. The topological polar surface area (TPSA) is 52.1 Å². The van der Waals surface area contributed by atoms with Crippen molar-refractivity contribution in [3.63, 3.8) is 0 Å². The van der Waals surface area contributed by atoms with Gasteiger partial charge in [-0.2, -0.15) is 0 Å². The Morgan fingerprint density at radius 1 is 1.41 bits per heavy atom. The van der Waals surface area contributed by atoms with Gasteiger partial charge in [0.1, 0.15) is 6.10 Å². The van der Waals surface area contributed by atoms with Crippen molar-refractivity contribution in [1.29, 1.82) is 0 Å². The third-order valence-electron chi connectivity index (χ3n) is 3.96. The van der Waals surface area contributed by atoms with Crippen LogP contribution in [0.4, 0.5) is 4.39 Å². The highest BCUT2D eigenvalue weighted by molar-refractivity contribution is 6.01. The van der Waals surface area contributed by atoms with Gasteiger partial charge in [-0.1, -0.05) is 5.16 Å². The number of nitrogens with one attached hydrogen (secondary N) is 1. The van der Waals surface area contributed by atoms with Crippen molar-refractivity contribution in [3.8, 4) is 5.75 Å². The van der Waals surface area contributed by atoms with E-state index < -0.39 is 5.82 Å². The van der Waals surface area contributed by atoms with Crippen molar-refractivity contribution >= 4 is 5.71 Å². The van der Waals surface area contributed by atoms with Crippen LogP contribution in [0.15, 0.2) is 23.4 Å². The molecule has 6 heteroatoms. The quantitative estimate of drug-likeness (QED) is 0.840. The number of hydrogen-bond donors (Lipinski definition) is 1. The molecule has 0 radical (unpaired) electrons. The van der Waals surface area contributed by atoms with Crippen LogP contribution in [0.3, 0.4) is 0 Å². The van der Waals surface area contributed by atoms with E-state index in [1.165, 1.54) is 13.2 Å². The van der Waals surface area contributed by atoms with Gasteiger partial charge in [-0.15, -0.1) is 0 Å². The van der Waals surface area contributed by atoms with Gasteiger partial charge in [0.15, 0.2) is 11.6 Å². The highest BCUT2D eigenvalue weighted by Crippen LogP contribution is 2.22. The first-order valence-electron chi connectivity index (χ1n) is 7.38. The summed E-state index contributed by atoms with van der Waals surface area (Å²) in [6.07, 6.45) is 0.719. The van der Waals surface area contributed by atoms with Crippen molar-refractivity contribution in [3.05, 3.63) is 29.6 Å². The lowest BCUT2D eigenvalue weighted by Gasteiger charge is -2.21. The molecule has 1 aromatic rings. The second-order valence-corrected chi connectivity index (χ2v) is 5.46. The third-order valence-corrected chi connectivity index (χ3v) is 3.96. The van der Waals surface area contributed by atoms with Crippen LogP contribution in [-0.2, 0) is 9.57 Å². The molecule has 0 aliphatic carbocycles. The van der Waals surface area contributed by atoms with Crippen LogP contribution in [0.25, 0.3) is 0 Å². The van der Waals surface area contributed by atoms with E-state index in [0.29, 0.717) is 13.0 Å². The molecule has 122 valence electrons. The molecule has 5 nitrogen and oxygen atoms in total. The largest absolute Gasteiger partial charge is 0.494 e. The fraction of sp³-hybridized carbons (Fsp3) is 0.562. The highest BCUT2D eigenvalue weighted by atomic mass is 19.1. The zero-order valence-corrected chi connectivity index (χ0v) is 13.4. The van der Waals surface area contributed by atoms with Crippen molar-refractivity contribution in [2.75, 3.05) is 20.8 Å². The lowest BCUT2D eigenvalue weighted by atomic mass is 10.0. The first-order chi connectivity index (χ1) is 10.5. The van der Waals surface area contributed by atoms with Crippen LogP contribution in [-0.4, -0.2) is 44.7 Å². The van der Waals surface area contributed by atoms with Crippen LogP contribution >= 0.6 is 0 Å². The number of halogens is 1. The molecule has 1 aliphatic rings. The Bertz CT molecular complexity index is 536. The van der Waals surface area contributed by atoms with Gasteiger partial charge in [-0.25, -0.2) is 4.39 Å². The van der Waals surface area contributed by atoms with Crippen LogP contribution in [0.1, 0.15) is 25.8 Å². The minimum absolute atomic E-state index is 0.0494. The van der Waals surface area contributed by atoms with E-state index in [9.17, 15) is 4.39 Å². The number of benzene rings is 1. The number of rotatable bonds is 7. The van der Waals surface area contributed by atoms with Gasteiger partial charge in [0.25, 0.3) is 0 Å². The van der Waals surface area contributed by atoms with Crippen molar-refractivity contribution in [2.45, 2.75) is 38.5 Å². The monoisotopic (exact) mass is 310 g/mol. The molecule has 1 heterocycles. The predicted octanol–water partition coefficient (Wildman–Crippen LogP) is 2.34. The molecule has 0 amide bonds. The van der Waals surface area contributed by atoms with Gasteiger partial charge in [-0.3, -0.25) is 0 Å².